The maximum Gasteiger partial charge on any atom is 0.234 e. The fraction of sp³-hybridized carbons (Fsp3) is 0.179. The summed E-state index contributed by atoms with van der Waals surface area (Å²) in [4.78, 5) is 29.7. The Balaban J connectivity index is 1.15. The van der Waals surface area contributed by atoms with Gasteiger partial charge in [-0.2, -0.15) is 0 Å². The number of aromatic nitrogens is 4. The van der Waals surface area contributed by atoms with Gasteiger partial charge in [0.15, 0.2) is 15.3 Å². The first-order valence-electron chi connectivity index (χ1n) is 12.1. The third-order valence-electron chi connectivity index (χ3n) is 5.83. The number of aryl methyl sites for hydroxylation is 2. The zero-order chi connectivity index (χ0) is 27.4. The quantitative estimate of drug-likeness (QED) is 0.203. The number of fused-ring (bicyclic) bond motifs is 1. The number of amides is 2. The Morgan fingerprint density at radius 2 is 1.67 bits per heavy atom. The van der Waals surface area contributed by atoms with Gasteiger partial charge in [0.25, 0.3) is 0 Å². The van der Waals surface area contributed by atoms with Gasteiger partial charge in [-0.1, -0.05) is 71.6 Å². The predicted molar refractivity (Wildman–Crippen MR) is 161 cm³/mol. The average molecular weight is 575 g/mol. The van der Waals surface area contributed by atoms with Crippen molar-refractivity contribution in [2.45, 2.75) is 23.3 Å². The molecule has 0 aliphatic heterocycles. The Bertz CT molecular complexity index is 1650. The zero-order valence-corrected chi connectivity index (χ0v) is 24.0. The molecule has 0 radical (unpaired) electrons. The molecule has 5 rings (SSSR count). The second-order valence-corrected chi connectivity index (χ2v) is 12.1. The predicted octanol–water partition coefficient (Wildman–Crippen LogP) is 6.17. The molecule has 39 heavy (non-hydrogen) atoms. The Morgan fingerprint density at radius 3 is 2.46 bits per heavy atom. The Labute approximate surface area is 238 Å². The second-order valence-electron chi connectivity index (χ2n) is 8.89. The van der Waals surface area contributed by atoms with E-state index in [0.29, 0.717) is 10.8 Å². The lowest BCUT2D eigenvalue weighted by molar-refractivity contribution is -0.114. The number of nitrogens with one attached hydrogen (secondary N) is 2. The van der Waals surface area contributed by atoms with Crippen LogP contribution in [0.25, 0.3) is 21.6 Å². The zero-order valence-electron chi connectivity index (χ0n) is 21.6. The Kier molecular flexibility index (Phi) is 8.30. The van der Waals surface area contributed by atoms with Gasteiger partial charge in [-0.15, -0.1) is 21.5 Å². The molecule has 11 heteroatoms. The molecule has 0 atom stereocenters. The van der Waals surface area contributed by atoms with Crippen molar-refractivity contribution in [1.82, 2.24) is 19.7 Å². The van der Waals surface area contributed by atoms with Crippen molar-refractivity contribution in [1.29, 1.82) is 0 Å². The summed E-state index contributed by atoms with van der Waals surface area (Å²) in [6.45, 7) is 4.01. The molecule has 2 aromatic heterocycles. The van der Waals surface area contributed by atoms with Gasteiger partial charge in [0, 0.05) is 24.0 Å². The number of benzene rings is 3. The highest BCUT2D eigenvalue weighted by molar-refractivity contribution is 8.01. The third-order valence-corrected chi connectivity index (χ3v) is 9.02. The van der Waals surface area contributed by atoms with Gasteiger partial charge in [-0.25, -0.2) is 4.98 Å². The lowest BCUT2D eigenvalue weighted by atomic mass is 10.1. The molecule has 2 amide bonds. The molecule has 0 aliphatic rings. The largest absolute Gasteiger partial charge is 0.325 e. The average Bonchev–Trinajstić information content (AvgIpc) is 3.50. The topological polar surface area (TPSA) is 102 Å². The molecule has 3 aromatic carbocycles. The van der Waals surface area contributed by atoms with Crippen LogP contribution in [0.15, 0.2) is 76.2 Å². The van der Waals surface area contributed by atoms with Crippen molar-refractivity contribution in [2.75, 3.05) is 22.1 Å². The van der Waals surface area contributed by atoms with E-state index in [1.54, 1.807) is 0 Å². The summed E-state index contributed by atoms with van der Waals surface area (Å²) >= 11 is 4.23. The molecule has 198 valence electrons. The number of hydrogen-bond acceptors (Lipinski definition) is 8. The summed E-state index contributed by atoms with van der Waals surface area (Å²) in [5.41, 5.74) is 5.52. The Hall–Kier alpha value is -3.67. The van der Waals surface area contributed by atoms with Crippen LogP contribution in [0.5, 0.6) is 0 Å². The normalized spacial score (nSPS) is 11.1. The van der Waals surface area contributed by atoms with Crippen LogP contribution in [0.3, 0.4) is 0 Å². The van der Waals surface area contributed by atoms with E-state index in [1.807, 2.05) is 92.2 Å². The van der Waals surface area contributed by atoms with Crippen LogP contribution in [0.1, 0.15) is 11.1 Å². The van der Waals surface area contributed by atoms with Gasteiger partial charge in [0.1, 0.15) is 0 Å². The fourth-order valence-corrected chi connectivity index (χ4v) is 6.54. The maximum atomic E-state index is 12.6. The standard InChI is InChI=1S/C28H26N6O2S3/c1-17-9-11-21(18(2)13-17)30-25(36)16-38-28-31-22-12-10-20(14-23(22)39-28)29-24(35)15-37-27-33-32-26(34(27)3)19-7-5-4-6-8-19/h4-14H,15-16H2,1-3H3,(H,29,35)(H,30,36). The highest BCUT2D eigenvalue weighted by atomic mass is 32.2. The fourth-order valence-electron chi connectivity index (χ4n) is 3.92. The van der Waals surface area contributed by atoms with Crippen molar-refractivity contribution in [3.05, 3.63) is 77.9 Å². The third kappa shape index (κ3) is 6.67. The molecular formula is C28H26N6O2S3. The molecule has 5 aromatic rings. The highest BCUT2D eigenvalue weighted by Crippen LogP contribution is 2.32. The van der Waals surface area contributed by atoms with Crippen LogP contribution in [0.4, 0.5) is 11.4 Å². The van der Waals surface area contributed by atoms with Crippen molar-refractivity contribution in [3.8, 4) is 11.4 Å². The van der Waals surface area contributed by atoms with Crippen LogP contribution in [-0.2, 0) is 16.6 Å². The minimum atomic E-state index is -0.134. The van der Waals surface area contributed by atoms with E-state index in [1.165, 1.54) is 34.9 Å². The minimum absolute atomic E-state index is 0.0736. The van der Waals surface area contributed by atoms with Crippen LogP contribution >= 0.6 is 34.9 Å². The van der Waals surface area contributed by atoms with Crippen LogP contribution < -0.4 is 10.6 Å². The van der Waals surface area contributed by atoms with Crippen molar-refractivity contribution in [3.63, 3.8) is 0 Å². The number of thiazole rings is 1. The number of thioether (sulfide) groups is 2. The van der Waals surface area contributed by atoms with Crippen molar-refractivity contribution < 1.29 is 9.59 Å². The van der Waals surface area contributed by atoms with E-state index in [9.17, 15) is 9.59 Å². The molecule has 2 N–H and O–H groups in total. The van der Waals surface area contributed by atoms with Crippen molar-refractivity contribution in [2.24, 2.45) is 7.05 Å². The SMILES string of the molecule is Cc1ccc(NC(=O)CSc2nc3ccc(NC(=O)CSc4nnc(-c5ccccc5)n4C)cc3s2)c(C)c1. The molecule has 2 heterocycles. The molecule has 0 spiro atoms. The van der Waals surface area contributed by atoms with E-state index in [2.05, 4.69) is 25.8 Å². The lowest BCUT2D eigenvalue weighted by Crippen LogP contribution is -2.14. The molecule has 0 bridgehead atoms. The second kappa shape index (κ2) is 12.0. The molecule has 0 saturated heterocycles. The van der Waals surface area contributed by atoms with Gasteiger partial charge >= 0.3 is 0 Å². The van der Waals surface area contributed by atoms with Crippen LogP contribution in [-0.4, -0.2) is 43.1 Å². The summed E-state index contributed by atoms with van der Waals surface area (Å²) in [5, 5.41) is 15.1. The summed E-state index contributed by atoms with van der Waals surface area (Å²) in [5.74, 6) is 1.02. The van der Waals surface area contributed by atoms with E-state index in [0.717, 1.165) is 42.8 Å². The summed E-state index contributed by atoms with van der Waals surface area (Å²) in [6, 6.07) is 21.4. The summed E-state index contributed by atoms with van der Waals surface area (Å²) < 4.78 is 3.63. The van der Waals surface area contributed by atoms with Crippen LogP contribution in [0, 0.1) is 13.8 Å². The van der Waals surface area contributed by atoms with E-state index < -0.39 is 0 Å². The molecule has 0 saturated carbocycles. The van der Waals surface area contributed by atoms with E-state index in [-0.39, 0.29) is 23.3 Å². The highest BCUT2D eigenvalue weighted by Gasteiger charge is 2.14. The smallest absolute Gasteiger partial charge is 0.234 e. The first-order valence-corrected chi connectivity index (χ1v) is 14.9. The van der Waals surface area contributed by atoms with Crippen LogP contribution in [0.2, 0.25) is 0 Å². The molecule has 0 aliphatic carbocycles. The number of hydrogen-bond donors (Lipinski definition) is 2. The first kappa shape index (κ1) is 26.9. The van der Waals surface area contributed by atoms with E-state index in [4.69, 9.17) is 0 Å². The van der Waals surface area contributed by atoms with Gasteiger partial charge in [-0.3, -0.25) is 9.59 Å². The summed E-state index contributed by atoms with van der Waals surface area (Å²) in [7, 11) is 1.89. The number of anilines is 2. The lowest BCUT2D eigenvalue weighted by Gasteiger charge is -2.08. The van der Waals surface area contributed by atoms with Gasteiger partial charge < -0.3 is 15.2 Å². The van der Waals surface area contributed by atoms with E-state index >= 15 is 0 Å². The molecular weight excluding hydrogens is 549 g/mol. The first-order chi connectivity index (χ1) is 18.9. The van der Waals surface area contributed by atoms with Gasteiger partial charge in [-0.05, 0) is 43.7 Å². The summed E-state index contributed by atoms with van der Waals surface area (Å²) in [6.07, 6.45) is 0. The van der Waals surface area contributed by atoms with Gasteiger partial charge in [0.05, 0.1) is 21.7 Å². The number of carbonyl (C=O) groups excluding carboxylic acids is 2. The molecule has 0 fully saturated rings. The molecule has 0 unspecified atom stereocenters. The number of rotatable bonds is 9. The number of carbonyl (C=O) groups is 2. The Morgan fingerprint density at radius 1 is 0.897 bits per heavy atom. The van der Waals surface area contributed by atoms with Crippen molar-refractivity contribution >= 4 is 68.3 Å². The number of nitrogens with zero attached hydrogens (tertiary/aromatic N) is 4. The monoisotopic (exact) mass is 574 g/mol. The maximum absolute atomic E-state index is 12.6. The molecule has 8 nitrogen and oxygen atoms in total. The van der Waals surface area contributed by atoms with Gasteiger partial charge in [0.2, 0.25) is 11.8 Å². The minimum Gasteiger partial charge on any atom is -0.325 e.